The predicted octanol–water partition coefficient (Wildman–Crippen LogP) is 4.15. The number of anilines is 1. The van der Waals surface area contributed by atoms with Gasteiger partial charge in [0.2, 0.25) is 0 Å². The van der Waals surface area contributed by atoms with Crippen molar-refractivity contribution in [1.29, 1.82) is 0 Å². The molecule has 1 heterocycles. The van der Waals surface area contributed by atoms with E-state index in [-0.39, 0.29) is 18.3 Å². The normalized spacial score (nSPS) is 10.5. The number of phenols is 1. The van der Waals surface area contributed by atoms with Crippen LogP contribution in [0.5, 0.6) is 11.5 Å². The number of benzene rings is 2. The van der Waals surface area contributed by atoms with Crippen molar-refractivity contribution in [3.8, 4) is 22.8 Å². The second-order valence-electron chi connectivity index (χ2n) is 5.65. The van der Waals surface area contributed by atoms with Crippen molar-refractivity contribution in [2.45, 2.75) is 13.8 Å². The summed E-state index contributed by atoms with van der Waals surface area (Å²) in [4.78, 5) is 16.5. The lowest BCUT2D eigenvalue weighted by atomic mass is 10.1. The van der Waals surface area contributed by atoms with Crippen molar-refractivity contribution < 1.29 is 14.6 Å². The van der Waals surface area contributed by atoms with E-state index in [9.17, 15) is 9.90 Å². The molecule has 128 valence electrons. The highest BCUT2D eigenvalue weighted by Crippen LogP contribution is 2.27. The largest absolute Gasteiger partial charge is 0.508 e. The van der Waals surface area contributed by atoms with Crippen molar-refractivity contribution in [3.63, 3.8) is 0 Å². The maximum atomic E-state index is 12.1. The van der Waals surface area contributed by atoms with Gasteiger partial charge in [-0.2, -0.15) is 0 Å². The van der Waals surface area contributed by atoms with Gasteiger partial charge < -0.3 is 9.84 Å². The molecule has 25 heavy (non-hydrogen) atoms. The summed E-state index contributed by atoms with van der Waals surface area (Å²) in [7, 11) is 0. The lowest BCUT2D eigenvalue weighted by Crippen LogP contribution is -2.20. The van der Waals surface area contributed by atoms with Gasteiger partial charge in [-0.05, 0) is 37.1 Å². The van der Waals surface area contributed by atoms with Crippen molar-refractivity contribution in [2.24, 2.45) is 0 Å². The first-order valence-corrected chi connectivity index (χ1v) is 8.64. The van der Waals surface area contributed by atoms with Crippen LogP contribution in [0, 0.1) is 13.8 Å². The third kappa shape index (κ3) is 4.16. The molecule has 6 heteroatoms. The molecule has 0 aliphatic heterocycles. The molecule has 3 rings (SSSR count). The molecule has 1 amide bonds. The Bertz CT molecular complexity index is 885. The Morgan fingerprint density at radius 3 is 2.64 bits per heavy atom. The maximum absolute atomic E-state index is 12.1. The second kappa shape index (κ2) is 7.36. The molecule has 5 nitrogen and oxygen atoms in total. The molecule has 0 atom stereocenters. The van der Waals surface area contributed by atoms with Crippen LogP contribution in [0.3, 0.4) is 0 Å². The van der Waals surface area contributed by atoms with Crippen LogP contribution >= 0.6 is 11.3 Å². The molecule has 0 spiro atoms. The molecule has 0 saturated carbocycles. The minimum Gasteiger partial charge on any atom is -0.508 e. The molecule has 0 saturated heterocycles. The van der Waals surface area contributed by atoms with Gasteiger partial charge in [0.05, 0.1) is 5.69 Å². The van der Waals surface area contributed by atoms with Crippen LogP contribution in [0.25, 0.3) is 11.3 Å². The smallest absolute Gasteiger partial charge is 0.264 e. The number of nitrogens with zero attached hydrogens (tertiary/aromatic N) is 1. The number of carbonyl (C=O) groups excluding carboxylic acids is 1. The van der Waals surface area contributed by atoms with E-state index in [1.165, 1.54) is 11.3 Å². The monoisotopic (exact) mass is 354 g/mol. The second-order valence-corrected chi connectivity index (χ2v) is 6.50. The maximum Gasteiger partial charge on any atom is 0.264 e. The molecule has 1 aromatic heterocycles. The van der Waals surface area contributed by atoms with Gasteiger partial charge in [0.1, 0.15) is 11.5 Å². The van der Waals surface area contributed by atoms with Crippen molar-refractivity contribution in [1.82, 2.24) is 4.98 Å². The molecular weight excluding hydrogens is 336 g/mol. The first-order chi connectivity index (χ1) is 12.0. The van der Waals surface area contributed by atoms with Crippen LogP contribution in [0.4, 0.5) is 5.13 Å². The number of rotatable bonds is 5. The summed E-state index contributed by atoms with van der Waals surface area (Å²) in [5, 5.41) is 14.6. The predicted molar refractivity (Wildman–Crippen MR) is 99.3 cm³/mol. The first kappa shape index (κ1) is 17.0. The Hall–Kier alpha value is -2.86. The minimum atomic E-state index is -0.264. The number of hydrogen-bond donors (Lipinski definition) is 2. The Labute approximate surface area is 149 Å². The van der Waals surface area contributed by atoms with Crippen LogP contribution in [-0.2, 0) is 4.79 Å². The summed E-state index contributed by atoms with van der Waals surface area (Å²) in [6, 6.07) is 12.7. The van der Waals surface area contributed by atoms with E-state index >= 15 is 0 Å². The first-order valence-electron chi connectivity index (χ1n) is 7.77. The zero-order valence-corrected chi connectivity index (χ0v) is 14.8. The Kier molecular flexibility index (Phi) is 5.00. The number of aryl methyl sites for hydroxylation is 2. The number of para-hydroxylation sites is 1. The standard InChI is InChI=1S/C19H18N2O3S/c1-12-5-3-6-13(2)18(12)24-10-17(23)21-19-20-16(11-25-19)14-7-4-8-15(22)9-14/h3-9,11,22H,10H2,1-2H3,(H,20,21,23). The van der Waals surface area contributed by atoms with Gasteiger partial charge in [-0.1, -0.05) is 30.3 Å². The van der Waals surface area contributed by atoms with Crippen LogP contribution in [0.1, 0.15) is 11.1 Å². The average molecular weight is 354 g/mol. The Morgan fingerprint density at radius 1 is 1.20 bits per heavy atom. The molecule has 2 N–H and O–H groups in total. The van der Waals surface area contributed by atoms with Crippen molar-refractivity contribution in [3.05, 3.63) is 59.0 Å². The van der Waals surface area contributed by atoms with Gasteiger partial charge in [-0.25, -0.2) is 4.98 Å². The van der Waals surface area contributed by atoms with E-state index in [0.29, 0.717) is 10.8 Å². The number of aromatic nitrogens is 1. The van der Waals surface area contributed by atoms with Crippen LogP contribution in [-0.4, -0.2) is 22.6 Å². The van der Waals surface area contributed by atoms with Crippen molar-refractivity contribution in [2.75, 3.05) is 11.9 Å². The Balaban J connectivity index is 1.62. The van der Waals surface area contributed by atoms with Crippen LogP contribution in [0.2, 0.25) is 0 Å². The number of amides is 1. The minimum absolute atomic E-state index is 0.0767. The van der Waals surface area contributed by atoms with Gasteiger partial charge in [0, 0.05) is 10.9 Å². The molecule has 0 aliphatic carbocycles. The van der Waals surface area contributed by atoms with Gasteiger partial charge in [0.15, 0.2) is 11.7 Å². The third-order valence-electron chi connectivity index (χ3n) is 3.65. The molecule has 0 aliphatic rings. The summed E-state index contributed by atoms with van der Waals surface area (Å²) in [6.45, 7) is 3.82. The van der Waals surface area contributed by atoms with Crippen LogP contribution in [0.15, 0.2) is 47.8 Å². The van der Waals surface area contributed by atoms with E-state index < -0.39 is 0 Å². The number of thiazole rings is 1. The fourth-order valence-electron chi connectivity index (χ4n) is 2.45. The van der Waals surface area contributed by atoms with Gasteiger partial charge in [-0.15, -0.1) is 11.3 Å². The quantitative estimate of drug-likeness (QED) is 0.722. The fourth-order valence-corrected chi connectivity index (χ4v) is 3.18. The number of phenolic OH excluding ortho intramolecular Hbond substituents is 1. The van der Waals surface area contributed by atoms with E-state index in [1.54, 1.807) is 18.2 Å². The summed E-state index contributed by atoms with van der Waals surface area (Å²) < 4.78 is 5.64. The number of ether oxygens (including phenoxy) is 1. The number of aromatic hydroxyl groups is 1. The van der Waals surface area contributed by atoms with E-state index in [1.807, 2.05) is 43.5 Å². The SMILES string of the molecule is Cc1cccc(C)c1OCC(=O)Nc1nc(-c2cccc(O)c2)cs1. The molecule has 0 unspecified atom stereocenters. The van der Waals surface area contributed by atoms with E-state index in [2.05, 4.69) is 10.3 Å². The molecule has 0 bridgehead atoms. The van der Waals surface area contributed by atoms with Crippen LogP contribution < -0.4 is 10.1 Å². The highest BCUT2D eigenvalue weighted by molar-refractivity contribution is 7.14. The number of carbonyl (C=O) groups is 1. The summed E-state index contributed by atoms with van der Waals surface area (Å²) in [5.74, 6) is 0.648. The molecule has 2 aromatic carbocycles. The van der Waals surface area contributed by atoms with Gasteiger partial charge in [-0.3, -0.25) is 10.1 Å². The van der Waals surface area contributed by atoms with Gasteiger partial charge >= 0.3 is 0 Å². The number of nitrogens with one attached hydrogen (secondary N) is 1. The third-order valence-corrected chi connectivity index (χ3v) is 4.41. The Morgan fingerprint density at radius 2 is 1.92 bits per heavy atom. The van der Waals surface area contributed by atoms with E-state index in [0.717, 1.165) is 22.4 Å². The summed E-state index contributed by atoms with van der Waals surface area (Å²) in [6.07, 6.45) is 0. The highest BCUT2D eigenvalue weighted by Gasteiger charge is 2.11. The molecule has 0 radical (unpaired) electrons. The summed E-state index contributed by atoms with van der Waals surface area (Å²) >= 11 is 1.33. The number of hydrogen-bond acceptors (Lipinski definition) is 5. The average Bonchev–Trinajstić information content (AvgIpc) is 3.03. The molecular formula is C19H18N2O3S. The topological polar surface area (TPSA) is 71.5 Å². The van der Waals surface area contributed by atoms with E-state index in [4.69, 9.17) is 4.74 Å². The lowest BCUT2D eigenvalue weighted by molar-refractivity contribution is -0.118. The molecule has 3 aromatic rings. The van der Waals surface area contributed by atoms with Crippen molar-refractivity contribution >= 4 is 22.4 Å². The zero-order valence-electron chi connectivity index (χ0n) is 13.9. The lowest BCUT2D eigenvalue weighted by Gasteiger charge is -2.11. The zero-order chi connectivity index (χ0) is 17.8. The summed E-state index contributed by atoms with van der Waals surface area (Å²) in [5.41, 5.74) is 3.48. The fraction of sp³-hybridized carbons (Fsp3) is 0.158. The molecule has 0 fully saturated rings. The highest BCUT2D eigenvalue weighted by atomic mass is 32.1. The van der Waals surface area contributed by atoms with Gasteiger partial charge in [0.25, 0.3) is 5.91 Å².